The Kier molecular flexibility index (Phi) is 9.99. The van der Waals surface area contributed by atoms with Gasteiger partial charge >= 0.3 is 0 Å². The molecule has 0 aliphatic rings. The van der Waals surface area contributed by atoms with Crippen LogP contribution >= 0.6 is 11.8 Å². The molecule has 0 N–H and O–H groups in total. The second-order valence-corrected chi connectivity index (χ2v) is 5.47. The van der Waals surface area contributed by atoms with E-state index in [0.717, 1.165) is 21.8 Å². The molecule has 0 saturated carbocycles. The number of rotatable bonds is 9. The van der Waals surface area contributed by atoms with E-state index in [1.807, 2.05) is 38.2 Å². The van der Waals surface area contributed by atoms with E-state index in [1.165, 1.54) is 11.8 Å². The summed E-state index contributed by atoms with van der Waals surface area (Å²) in [6.45, 7) is 21.4. The molecule has 0 rings (SSSR count). The number of hydrogen-bond donors (Lipinski definition) is 0. The van der Waals surface area contributed by atoms with Crippen molar-refractivity contribution in [2.75, 3.05) is 0 Å². The first-order chi connectivity index (χ1) is 10.0. The Hall–Kier alpha value is -1.80. The molecule has 1 unspecified atom stereocenters. The summed E-state index contributed by atoms with van der Waals surface area (Å²) in [7, 11) is 0. The van der Waals surface area contributed by atoms with Gasteiger partial charge in [0.05, 0.1) is 5.71 Å². The summed E-state index contributed by atoms with van der Waals surface area (Å²) < 4.78 is 0. The van der Waals surface area contributed by atoms with Gasteiger partial charge in [-0.2, -0.15) is 0 Å². The number of aliphatic imine (C=N–C) groups is 1. The smallest absolute Gasteiger partial charge is 0.0834 e. The van der Waals surface area contributed by atoms with E-state index in [0.29, 0.717) is 0 Å². The van der Waals surface area contributed by atoms with Gasteiger partial charge < -0.3 is 0 Å². The lowest BCUT2D eigenvalue weighted by Crippen LogP contribution is -2.05. The van der Waals surface area contributed by atoms with Crippen LogP contribution in [0.4, 0.5) is 0 Å². The summed E-state index contributed by atoms with van der Waals surface area (Å²) in [5.74, 6) is 0.286. The Labute approximate surface area is 133 Å². The van der Waals surface area contributed by atoms with Crippen molar-refractivity contribution in [3.8, 4) is 0 Å². The summed E-state index contributed by atoms with van der Waals surface area (Å²) in [6, 6.07) is 0. The predicted octanol–water partition coefficient (Wildman–Crippen LogP) is 6.23. The third kappa shape index (κ3) is 6.96. The molecule has 112 valence electrons. The van der Waals surface area contributed by atoms with Gasteiger partial charge in [0.2, 0.25) is 0 Å². The zero-order chi connectivity index (χ0) is 16.3. The van der Waals surface area contributed by atoms with Crippen LogP contribution in [0.3, 0.4) is 0 Å². The molecule has 0 amide bonds. The highest BCUT2D eigenvalue weighted by molar-refractivity contribution is 8.06. The number of thioether (sulfide) groups is 1. The van der Waals surface area contributed by atoms with Crippen LogP contribution in [0.25, 0.3) is 0 Å². The van der Waals surface area contributed by atoms with E-state index in [1.54, 1.807) is 17.7 Å². The van der Waals surface area contributed by atoms with Gasteiger partial charge in [-0.25, -0.2) is 0 Å². The third-order valence-corrected chi connectivity index (χ3v) is 3.44. The minimum absolute atomic E-state index is 0.286. The number of nitrogens with zero attached hydrogens (tertiary/aromatic N) is 1. The van der Waals surface area contributed by atoms with Crippen molar-refractivity contribution >= 4 is 17.5 Å². The van der Waals surface area contributed by atoms with Gasteiger partial charge in [0.15, 0.2) is 0 Å². The van der Waals surface area contributed by atoms with Crippen molar-refractivity contribution in [1.29, 1.82) is 0 Å². The van der Waals surface area contributed by atoms with Gasteiger partial charge in [0.25, 0.3) is 0 Å². The average Bonchev–Trinajstić information content (AvgIpc) is 2.46. The number of hydrogen-bond acceptors (Lipinski definition) is 2. The first-order valence-electron chi connectivity index (χ1n) is 6.82. The normalized spacial score (nSPS) is 14.9. The van der Waals surface area contributed by atoms with Crippen LogP contribution < -0.4 is 0 Å². The standard InChI is InChI=1S/C19H25NS/c1-8-12-16(6)18(10-3)19(17(7)21-11-4)20-14-13-15(5)9-2/h8-15H,1-2,4,7H2,3,5-6H3/b14-13-,16-12-,18-10+,20-19-. The molecule has 21 heavy (non-hydrogen) atoms. The zero-order valence-corrected chi connectivity index (χ0v) is 14.1. The van der Waals surface area contributed by atoms with Crippen LogP contribution in [-0.2, 0) is 0 Å². The second kappa shape index (κ2) is 10.9. The molecule has 0 saturated heterocycles. The van der Waals surface area contributed by atoms with Crippen molar-refractivity contribution < 1.29 is 0 Å². The summed E-state index contributed by atoms with van der Waals surface area (Å²) >= 11 is 1.47. The van der Waals surface area contributed by atoms with E-state index in [2.05, 4.69) is 38.2 Å². The molecule has 0 spiro atoms. The van der Waals surface area contributed by atoms with Gasteiger partial charge in [-0.1, -0.05) is 68.8 Å². The van der Waals surface area contributed by atoms with Crippen LogP contribution in [0.15, 0.2) is 89.3 Å². The summed E-state index contributed by atoms with van der Waals surface area (Å²) in [5.41, 5.74) is 3.00. The lowest BCUT2D eigenvalue weighted by molar-refractivity contribution is 0.940. The molecule has 1 nitrogen and oxygen atoms in total. The van der Waals surface area contributed by atoms with Gasteiger partial charge in [-0.3, -0.25) is 4.99 Å². The first kappa shape index (κ1) is 19.2. The Balaban J connectivity index is 5.65. The van der Waals surface area contributed by atoms with Crippen molar-refractivity contribution in [2.45, 2.75) is 20.8 Å². The molecule has 0 bridgehead atoms. The molecule has 2 heteroatoms. The maximum absolute atomic E-state index is 4.58. The fourth-order valence-electron chi connectivity index (χ4n) is 1.60. The third-order valence-electron chi connectivity index (χ3n) is 2.79. The highest BCUT2D eigenvalue weighted by Crippen LogP contribution is 2.24. The molecule has 0 aliphatic heterocycles. The van der Waals surface area contributed by atoms with Gasteiger partial charge in [0.1, 0.15) is 0 Å². The van der Waals surface area contributed by atoms with Crippen LogP contribution in [0.1, 0.15) is 20.8 Å². The maximum atomic E-state index is 4.58. The fraction of sp³-hybridized carbons (Fsp3) is 0.211. The molecule has 0 radical (unpaired) electrons. The summed E-state index contributed by atoms with van der Waals surface area (Å²) in [5, 5.41) is 1.76. The van der Waals surface area contributed by atoms with Crippen molar-refractivity contribution in [3.05, 3.63) is 84.4 Å². The summed E-state index contributed by atoms with van der Waals surface area (Å²) in [4.78, 5) is 5.45. The molecule has 0 aromatic rings. The maximum Gasteiger partial charge on any atom is 0.0834 e. The highest BCUT2D eigenvalue weighted by atomic mass is 32.2. The summed E-state index contributed by atoms with van der Waals surface area (Å²) in [6.07, 6.45) is 11.5. The Bertz CT molecular complexity index is 516. The highest BCUT2D eigenvalue weighted by Gasteiger charge is 2.11. The van der Waals surface area contributed by atoms with Crippen LogP contribution in [0.2, 0.25) is 0 Å². The van der Waals surface area contributed by atoms with E-state index in [4.69, 9.17) is 0 Å². The fourth-order valence-corrected chi connectivity index (χ4v) is 2.07. The van der Waals surface area contributed by atoms with E-state index in [9.17, 15) is 0 Å². The minimum Gasteiger partial charge on any atom is -0.255 e. The van der Waals surface area contributed by atoms with E-state index in [-0.39, 0.29) is 5.92 Å². The van der Waals surface area contributed by atoms with Crippen molar-refractivity contribution in [1.82, 2.24) is 0 Å². The molecular formula is C19H25NS. The first-order valence-corrected chi connectivity index (χ1v) is 7.69. The molecule has 1 atom stereocenters. The lowest BCUT2D eigenvalue weighted by Gasteiger charge is -2.12. The van der Waals surface area contributed by atoms with Crippen molar-refractivity contribution in [3.63, 3.8) is 0 Å². The molecule has 0 aliphatic carbocycles. The molecule has 0 aromatic heterocycles. The Morgan fingerprint density at radius 2 is 1.90 bits per heavy atom. The largest absolute Gasteiger partial charge is 0.255 e. The van der Waals surface area contributed by atoms with E-state index >= 15 is 0 Å². The van der Waals surface area contributed by atoms with Crippen LogP contribution in [0.5, 0.6) is 0 Å². The molecule has 0 fully saturated rings. The molecule has 0 heterocycles. The predicted molar refractivity (Wildman–Crippen MR) is 101 cm³/mol. The van der Waals surface area contributed by atoms with Gasteiger partial charge in [0, 0.05) is 11.1 Å². The quantitative estimate of drug-likeness (QED) is 0.279. The van der Waals surface area contributed by atoms with Gasteiger partial charge in [-0.05, 0) is 36.3 Å². The second-order valence-electron chi connectivity index (χ2n) is 4.41. The topological polar surface area (TPSA) is 12.4 Å². The molecule has 0 aromatic carbocycles. The molecular weight excluding hydrogens is 274 g/mol. The Morgan fingerprint density at radius 1 is 1.24 bits per heavy atom. The van der Waals surface area contributed by atoms with Crippen molar-refractivity contribution in [2.24, 2.45) is 10.9 Å². The monoisotopic (exact) mass is 299 g/mol. The minimum atomic E-state index is 0.286. The van der Waals surface area contributed by atoms with Crippen LogP contribution in [-0.4, -0.2) is 5.71 Å². The number of allylic oxidation sites excluding steroid dienone is 8. The van der Waals surface area contributed by atoms with Crippen LogP contribution in [0, 0.1) is 5.92 Å². The SMILES string of the molecule is C=C\C=C(C)/C(=C\C)C(=N\C=C/C(C)C=C)/C(=C)SC=C. The average molecular weight is 299 g/mol. The lowest BCUT2D eigenvalue weighted by atomic mass is 10.0. The van der Waals surface area contributed by atoms with Gasteiger partial charge in [-0.15, -0.1) is 6.58 Å². The van der Waals surface area contributed by atoms with E-state index < -0.39 is 0 Å². The Morgan fingerprint density at radius 3 is 2.38 bits per heavy atom. The zero-order valence-electron chi connectivity index (χ0n) is 13.3.